The Balaban J connectivity index is 1.92. The molecule has 2 aromatic rings. The predicted octanol–water partition coefficient (Wildman–Crippen LogP) is 2.34. The van der Waals surface area contributed by atoms with Crippen LogP contribution in [-0.4, -0.2) is 22.8 Å². The summed E-state index contributed by atoms with van der Waals surface area (Å²) in [7, 11) is 1.81. The Kier molecular flexibility index (Phi) is 3.88. The Morgan fingerprint density at radius 2 is 2.24 bits per heavy atom. The Morgan fingerprint density at radius 3 is 2.88 bits per heavy atom. The number of rotatable bonds is 4. The highest BCUT2D eigenvalue weighted by Gasteiger charge is 2.10. The zero-order valence-electron chi connectivity index (χ0n) is 9.67. The molecule has 88 valence electrons. The van der Waals surface area contributed by atoms with Crippen molar-refractivity contribution in [2.75, 3.05) is 7.05 Å². The smallest absolute Gasteiger partial charge is 0.227 e. The Hall–Kier alpha value is -1.68. The van der Waals surface area contributed by atoms with Gasteiger partial charge in [0.15, 0.2) is 0 Å². The van der Waals surface area contributed by atoms with Crippen LogP contribution < -0.4 is 0 Å². The van der Waals surface area contributed by atoms with Crippen LogP contribution in [-0.2, 0) is 17.8 Å². The topological polar surface area (TPSA) is 33.2 Å². The lowest BCUT2D eigenvalue weighted by atomic mass is 10.3. The zero-order chi connectivity index (χ0) is 12.1. The van der Waals surface area contributed by atoms with E-state index in [0.717, 1.165) is 10.6 Å². The number of hydrogen-bond acceptors (Lipinski definition) is 3. The van der Waals surface area contributed by atoms with Gasteiger partial charge >= 0.3 is 0 Å². The molecular formula is C13H14N2OS. The van der Waals surface area contributed by atoms with Gasteiger partial charge in [-0.3, -0.25) is 9.78 Å². The summed E-state index contributed by atoms with van der Waals surface area (Å²) >= 11 is 1.61. The monoisotopic (exact) mass is 246 g/mol. The molecule has 2 rings (SSSR count). The van der Waals surface area contributed by atoms with Crippen molar-refractivity contribution >= 4 is 17.2 Å². The largest absolute Gasteiger partial charge is 0.340 e. The molecule has 0 saturated carbocycles. The van der Waals surface area contributed by atoms with Gasteiger partial charge in [0.2, 0.25) is 5.91 Å². The third-order valence-corrected chi connectivity index (χ3v) is 3.33. The summed E-state index contributed by atoms with van der Waals surface area (Å²) in [6, 6.07) is 9.68. The second-order valence-corrected chi connectivity index (χ2v) is 4.86. The first-order valence-electron chi connectivity index (χ1n) is 5.42. The van der Waals surface area contributed by atoms with E-state index < -0.39 is 0 Å². The average Bonchev–Trinajstić information content (AvgIpc) is 2.83. The van der Waals surface area contributed by atoms with Gasteiger partial charge in [-0.25, -0.2) is 0 Å². The molecule has 0 unspecified atom stereocenters. The average molecular weight is 246 g/mol. The Morgan fingerprint density at radius 1 is 1.35 bits per heavy atom. The van der Waals surface area contributed by atoms with Crippen LogP contribution in [0.4, 0.5) is 0 Å². The van der Waals surface area contributed by atoms with E-state index in [9.17, 15) is 4.79 Å². The normalized spacial score (nSPS) is 10.2. The number of hydrogen-bond donors (Lipinski definition) is 0. The van der Waals surface area contributed by atoms with E-state index in [4.69, 9.17) is 0 Å². The quantitative estimate of drug-likeness (QED) is 0.829. The molecule has 0 bridgehead atoms. The minimum Gasteiger partial charge on any atom is -0.340 e. The lowest BCUT2D eigenvalue weighted by Crippen LogP contribution is -2.27. The summed E-state index contributed by atoms with van der Waals surface area (Å²) in [6.45, 7) is 0.561. The number of nitrogens with zero attached hydrogens (tertiary/aromatic N) is 2. The molecule has 2 heterocycles. The van der Waals surface area contributed by atoms with Gasteiger partial charge in [0.1, 0.15) is 0 Å². The van der Waals surface area contributed by atoms with Gasteiger partial charge in [-0.15, -0.1) is 11.3 Å². The van der Waals surface area contributed by atoms with E-state index in [1.807, 2.05) is 42.8 Å². The summed E-state index contributed by atoms with van der Waals surface area (Å²) < 4.78 is 0. The van der Waals surface area contributed by atoms with Crippen molar-refractivity contribution in [2.24, 2.45) is 0 Å². The molecule has 0 radical (unpaired) electrons. The van der Waals surface area contributed by atoms with Gasteiger partial charge < -0.3 is 4.90 Å². The van der Waals surface area contributed by atoms with Gasteiger partial charge in [-0.1, -0.05) is 12.1 Å². The van der Waals surface area contributed by atoms with Crippen LogP contribution in [0.25, 0.3) is 0 Å². The molecule has 3 nitrogen and oxygen atoms in total. The maximum absolute atomic E-state index is 11.9. The Bertz CT molecular complexity index is 467. The molecule has 0 atom stereocenters. The lowest BCUT2D eigenvalue weighted by molar-refractivity contribution is -0.129. The fourth-order valence-electron chi connectivity index (χ4n) is 1.52. The van der Waals surface area contributed by atoms with Crippen molar-refractivity contribution in [3.63, 3.8) is 0 Å². The van der Waals surface area contributed by atoms with Crippen molar-refractivity contribution in [2.45, 2.75) is 13.0 Å². The van der Waals surface area contributed by atoms with Gasteiger partial charge in [0, 0.05) is 18.1 Å². The van der Waals surface area contributed by atoms with Gasteiger partial charge in [0.25, 0.3) is 0 Å². The Labute approximate surface area is 105 Å². The standard InChI is InChI=1S/C13H14N2OS/c1-15(10-11-5-2-3-7-14-11)13(16)9-12-6-4-8-17-12/h2-8H,9-10H2,1H3. The molecule has 0 aliphatic carbocycles. The number of carbonyl (C=O) groups excluding carboxylic acids is 1. The number of pyridine rings is 1. The molecule has 1 amide bonds. The van der Waals surface area contributed by atoms with Crippen LogP contribution in [0.1, 0.15) is 10.6 Å². The molecule has 2 aromatic heterocycles. The maximum atomic E-state index is 11.9. The van der Waals surface area contributed by atoms with E-state index in [2.05, 4.69) is 4.98 Å². The minimum absolute atomic E-state index is 0.123. The second kappa shape index (κ2) is 5.59. The molecule has 0 saturated heterocycles. The van der Waals surface area contributed by atoms with Crippen LogP contribution >= 0.6 is 11.3 Å². The molecule has 4 heteroatoms. The molecule has 0 aromatic carbocycles. The van der Waals surface area contributed by atoms with Crippen LogP contribution in [0.3, 0.4) is 0 Å². The highest BCUT2D eigenvalue weighted by Crippen LogP contribution is 2.11. The third kappa shape index (κ3) is 3.39. The number of likely N-dealkylation sites (N-methyl/N-ethyl adjacent to an activating group) is 1. The first-order valence-corrected chi connectivity index (χ1v) is 6.30. The maximum Gasteiger partial charge on any atom is 0.227 e. The van der Waals surface area contributed by atoms with E-state index in [-0.39, 0.29) is 5.91 Å². The van der Waals surface area contributed by atoms with Gasteiger partial charge in [0.05, 0.1) is 18.7 Å². The molecule has 0 aliphatic rings. The summed E-state index contributed by atoms with van der Waals surface area (Å²) in [6.07, 6.45) is 2.22. The van der Waals surface area contributed by atoms with Crippen molar-refractivity contribution in [3.8, 4) is 0 Å². The molecular weight excluding hydrogens is 232 g/mol. The highest BCUT2D eigenvalue weighted by atomic mass is 32.1. The van der Waals surface area contributed by atoms with E-state index in [1.165, 1.54) is 0 Å². The molecule has 0 aliphatic heterocycles. The zero-order valence-corrected chi connectivity index (χ0v) is 10.5. The summed E-state index contributed by atoms with van der Waals surface area (Å²) in [4.78, 5) is 18.9. The predicted molar refractivity (Wildman–Crippen MR) is 68.7 cm³/mol. The summed E-state index contributed by atoms with van der Waals surface area (Å²) in [5.74, 6) is 0.123. The lowest BCUT2D eigenvalue weighted by Gasteiger charge is -2.16. The number of aromatic nitrogens is 1. The van der Waals surface area contributed by atoms with Crippen molar-refractivity contribution < 1.29 is 4.79 Å². The fourth-order valence-corrected chi connectivity index (χ4v) is 2.22. The van der Waals surface area contributed by atoms with Gasteiger partial charge in [-0.2, -0.15) is 0 Å². The molecule has 0 N–H and O–H groups in total. The highest BCUT2D eigenvalue weighted by molar-refractivity contribution is 7.10. The van der Waals surface area contributed by atoms with Crippen molar-refractivity contribution in [1.29, 1.82) is 0 Å². The number of carbonyl (C=O) groups is 1. The van der Waals surface area contributed by atoms with E-state index in [1.54, 1.807) is 22.4 Å². The van der Waals surface area contributed by atoms with E-state index >= 15 is 0 Å². The van der Waals surface area contributed by atoms with Crippen molar-refractivity contribution in [3.05, 3.63) is 52.5 Å². The SMILES string of the molecule is CN(Cc1ccccn1)C(=O)Cc1cccs1. The first kappa shape index (κ1) is 11.8. The molecule has 0 fully saturated rings. The van der Waals surface area contributed by atoms with Crippen molar-refractivity contribution in [1.82, 2.24) is 9.88 Å². The van der Waals surface area contributed by atoms with Crippen LogP contribution in [0, 0.1) is 0 Å². The number of amides is 1. The van der Waals surface area contributed by atoms with Crippen LogP contribution in [0.5, 0.6) is 0 Å². The minimum atomic E-state index is 0.123. The number of thiophene rings is 1. The first-order chi connectivity index (χ1) is 8.25. The van der Waals surface area contributed by atoms with E-state index in [0.29, 0.717) is 13.0 Å². The van der Waals surface area contributed by atoms with Crippen LogP contribution in [0.15, 0.2) is 41.9 Å². The summed E-state index contributed by atoms with van der Waals surface area (Å²) in [5.41, 5.74) is 0.912. The van der Waals surface area contributed by atoms with Crippen LogP contribution in [0.2, 0.25) is 0 Å². The molecule has 17 heavy (non-hydrogen) atoms. The fraction of sp³-hybridized carbons (Fsp3) is 0.231. The summed E-state index contributed by atoms with van der Waals surface area (Å²) in [5, 5.41) is 1.99. The third-order valence-electron chi connectivity index (χ3n) is 2.46. The second-order valence-electron chi connectivity index (χ2n) is 3.83. The van der Waals surface area contributed by atoms with Gasteiger partial charge in [-0.05, 0) is 23.6 Å². The molecule has 0 spiro atoms.